The van der Waals surface area contributed by atoms with E-state index in [2.05, 4.69) is 0 Å². The van der Waals surface area contributed by atoms with Gasteiger partial charge in [-0.2, -0.15) is 0 Å². The number of para-hydroxylation sites is 1. The first-order valence-electron chi connectivity index (χ1n) is 8.61. The topological polar surface area (TPSA) is 91.1 Å². The van der Waals surface area contributed by atoms with Gasteiger partial charge in [0.05, 0.1) is 23.7 Å². The second kappa shape index (κ2) is 9.00. The van der Waals surface area contributed by atoms with Crippen molar-refractivity contribution in [3.63, 3.8) is 0 Å². The summed E-state index contributed by atoms with van der Waals surface area (Å²) in [5, 5.41) is 11.4. The van der Waals surface area contributed by atoms with Gasteiger partial charge in [0.15, 0.2) is 0 Å². The van der Waals surface area contributed by atoms with Crippen LogP contribution in [-0.4, -0.2) is 50.4 Å². The zero-order valence-electron chi connectivity index (χ0n) is 14.7. The van der Waals surface area contributed by atoms with E-state index in [4.69, 9.17) is 14.2 Å². The Morgan fingerprint density at radius 2 is 1.85 bits per heavy atom. The highest BCUT2D eigenvalue weighted by Gasteiger charge is 2.23. The molecule has 0 bridgehead atoms. The van der Waals surface area contributed by atoms with Crippen molar-refractivity contribution >= 4 is 17.3 Å². The third-order valence-corrected chi connectivity index (χ3v) is 4.09. The van der Waals surface area contributed by atoms with Gasteiger partial charge in [-0.15, -0.1) is 0 Å². The number of esters is 1. The maximum absolute atomic E-state index is 12.2. The van der Waals surface area contributed by atoms with Gasteiger partial charge in [0.2, 0.25) is 0 Å². The summed E-state index contributed by atoms with van der Waals surface area (Å²) in [5.74, 6) is 0.0577. The zero-order valence-corrected chi connectivity index (χ0v) is 14.7. The molecule has 27 heavy (non-hydrogen) atoms. The van der Waals surface area contributed by atoms with Crippen molar-refractivity contribution in [2.75, 3.05) is 44.4 Å². The molecule has 0 saturated carbocycles. The highest BCUT2D eigenvalue weighted by atomic mass is 16.6. The average Bonchev–Trinajstić information content (AvgIpc) is 2.72. The second-order valence-electron chi connectivity index (χ2n) is 5.86. The van der Waals surface area contributed by atoms with Crippen molar-refractivity contribution in [3.8, 4) is 5.75 Å². The monoisotopic (exact) mass is 372 g/mol. The van der Waals surface area contributed by atoms with Crippen molar-refractivity contribution in [2.45, 2.75) is 0 Å². The molecule has 1 saturated heterocycles. The Morgan fingerprint density at radius 1 is 1.11 bits per heavy atom. The molecule has 8 heteroatoms. The van der Waals surface area contributed by atoms with Crippen molar-refractivity contribution in [3.05, 3.63) is 64.2 Å². The lowest BCUT2D eigenvalue weighted by molar-refractivity contribution is -0.384. The summed E-state index contributed by atoms with van der Waals surface area (Å²) in [4.78, 5) is 25.0. The molecule has 142 valence electrons. The number of morpholine rings is 1. The molecule has 0 aromatic heterocycles. The second-order valence-corrected chi connectivity index (χ2v) is 5.86. The molecular weight excluding hydrogens is 352 g/mol. The van der Waals surface area contributed by atoms with Crippen LogP contribution in [-0.2, 0) is 9.47 Å². The maximum Gasteiger partial charge on any atom is 0.338 e. The number of hydrogen-bond donors (Lipinski definition) is 0. The number of rotatable bonds is 7. The third kappa shape index (κ3) is 4.95. The normalized spacial score (nSPS) is 13.9. The van der Waals surface area contributed by atoms with Crippen molar-refractivity contribution in [1.82, 2.24) is 0 Å². The number of nitro benzene ring substituents is 1. The van der Waals surface area contributed by atoms with E-state index in [0.717, 1.165) is 0 Å². The summed E-state index contributed by atoms with van der Waals surface area (Å²) in [7, 11) is 0. The summed E-state index contributed by atoms with van der Waals surface area (Å²) < 4.78 is 15.9. The molecule has 8 nitrogen and oxygen atoms in total. The minimum absolute atomic E-state index is 0.0484. The van der Waals surface area contributed by atoms with E-state index in [-0.39, 0.29) is 24.5 Å². The van der Waals surface area contributed by atoms with E-state index in [1.807, 2.05) is 23.1 Å². The minimum atomic E-state index is -0.622. The molecule has 3 rings (SSSR count). The van der Waals surface area contributed by atoms with Crippen LogP contribution in [0.2, 0.25) is 0 Å². The smallest absolute Gasteiger partial charge is 0.338 e. The van der Waals surface area contributed by atoms with Crippen LogP contribution < -0.4 is 9.64 Å². The van der Waals surface area contributed by atoms with E-state index >= 15 is 0 Å². The van der Waals surface area contributed by atoms with Crippen LogP contribution in [0.25, 0.3) is 0 Å². The molecule has 0 amide bonds. The third-order valence-electron chi connectivity index (χ3n) is 4.09. The Labute approximate surface area is 156 Å². The van der Waals surface area contributed by atoms with Crippen LogP contribution in [0.5, 0.6) is 5.75 Å². The van der Waals surface area contributed by atoms with Crippen LogP contribution in [0.3, 0.4) is 0 Å². The Bertz CT molecular complexity index is 790. The quantitative estimate of drug-likeness (QED) is 0.319. The summed E-state index contributed by atoms with van der Waals surface area (Å²) in [6, 6.07) is 13.5. The van der Waals surface area contributed by atoms with E-state index in [0.29, 0.717) is 37.7 Å². The van der Waals surface area contributed by atoms with Crippen LogP contribution in [0.4, 0.5) is 11.4 Å². The number of benzene rings is 2. The highest BCUT2D eigenvalue weighted by Crippen LogP contribution is 2.30. The molecule has 0 atom stereocenters. The molecule has 2 aromatic rings. The van der Waals surface area contributed by atoms with E-state index in [1.165, 1.54) is 12.1 Å². The number of hydrogen-bond acceptors (Lipinski definition) is 7. The molecule has 0 aliphatic carbocycles. The number of ether oxygens (including phenoxy) is 3. The molecule has 1 fully saturated rings. The van der Waals surface area contributed by atoms with Crippen LogP contribution in [0, 0.1) is 10.1 Å². The van der Waals surface area contributed by atoms with Crippen molar-refractivity contribution in [2.24, 2.45) is 0 Å². The highest BCUT2D eigenvalue weighted by molar-refractivity contribution is 5.91. The van der Waals surface area contributed by atoms with Gasteiger partial charge < -0.3 is 19.1 Å². The van der Waals surface area contributed by atoms with Gasteiger partial charge in [-0.05, 0) is 24.3 Å². The molecule has 2 aromatic carbocycles. The predicted molar refractivity (Wildman–Crippen MR) is 98.3 cm³/mol. The number of nitro groups is 1. The SMILES string of the molecule is O=C(OCCOc1ccccc1)c1ccc(N2CCOCC2)c([N+](=O)[O-])c1. The molecule has 1 aliphatic heterocycles. The van der Waals surface area contributed by atoms with Crippen molar-refractivity contribution < 1.29 is 23.9 Å². The first kappa shape index (κ1) is 18.7. The zero-order chi connectivity index (χ0) is 19.1. The van der Waals surface area contributed by atoms with Gasteiger partial charge in [-0.3, -0.25) is 10.1 Å². The Morgan fingerprint density at radius 3 is 2.56 bits per heavy atom. The van der Waals surface area contributed by atoms with Gasteiger partial charge in [-0.1, -0.05) is 18.2 Å². The Hall–Kier alpha value is -3.13. The number of carbonyl (C=O) groups excluding carboxylic acids is 1. The summed E-state index contributed by atoms with van der Waals surface area (Å²) in [6.07, 6.45) is 0. The first-order chi connectivity index (χ1) is 13.1. The predicted octanol–water partition coefficient (Wildman–Crippen LogP) is 2.67. The van der Waals surface area contributed by atoms with Crippen LogP contribution >= 0.6 is 0 Å². The van der Waals surface area contributed by atoms with E-state index in [1.54, 1.807) is 18.2 Å². The largest absolute Gasteiger partial charge is 0.490 e. The Balaban J connectivity index is 1.60. The van der Waals surface area contributed by atoms with Crippen LogP contribution in [0.1, 0.15) is 10.4 Å². The fourth-order valence-corrected chi connectivity index (χ4v) is 2.76. The molecule has 1 aliphatic rings. The van der Waals surface area contributed by atoms with E-state index in [9.17, 15) is 14.9 Å². The summed E-state index contributed by atoms with van der Waals surface area (Å²) in [5.41, 5.74) is 0.498. The number of carbonyl (C=O) groups is 1. The maximum atomic E-state index is 12.2. The van der Waals surface area contributed by atoms with Crippen molar-refractivity contribution in [1.29, 1.82) is 0 Å². The number of anilines is 1. The lowest BCUT2D eigenvalue weighted by atomic mass is 10.1. The number of nitrogens with zero attached hydrogens (tertiary/aromatic N) is 2. The fourth-order valence-electron chi connectivity index (χ4n) is 2.76. The summed E-state index contributed by atoms with van der Waals surface area (Å²) >= 11 is 0. The molecule has 0 spiro atoms. The van der Waals surface area contributed by atoms with E-state index < -0.39 is 10.9 Å². The standard InChI is InChI=1S/C19H20N2O6/c22-19(27-13-12-26-16-4-2-1-3-5-16)15-6-7-17(18(14-15)21(23)24)20-8-10-25-11-9-20/h1-7,14H,8-13H2. The van der Waals surface area contributed by atoms with Gasteiger partial charge in [0, 0.05) is 19.2 Å². The average molecular weight is 372 g/mol. The molecular formula is C19H20N2O6. The first-order valence-corrected chi connectivity index (χ1v) is 8.61. The fraction of sp³-hybridized carbons (Fsp3) is 0.316. The molecule has 1 heterocycles. The molecule has 0 radical (unpaired) electrons. The summed E-state index contributed by atoms with van der Waals surface area (Å²) in [6.45, 7) is 2.42. The lowest BCUT2D eigenvalue weighted by Crippen LogP contribution is -2.36. The van der Waals surface area contributed by atoms with Gasteiger partial charge >= 0.3 is 5.97 Å². The molecule has 0 N–H and O–H groups in total. The Kier molecular flexibility index (Phi) is 6.22. The minimum Gasteiger partial charge on any atom is -0.490 e. The lowest BCUT2D eigenvalue weighted by Gasteiger charge is -2.28. The molecule has 0 unspecified atom stereocenters. The van der Waals surface area contributed by atoms with Gasteiger partial charge in [0.1, 0.15) is 24.7 Å². The van der Waals surface area contributed by atoms with Gasteiger partial charge in [0.25, 0.3) is 5.69 Å². The van der Waals surface area contributed by atoms with Gasteiger partial charge in [-0.25, -0.2) is 4.79 Å². The van der Waals surface area contributed by atoms with Crippen LogP contribution in [0.15, 0.2) is 48.5 Å².